The van der Waals surface area contributed by atoms with Crippen LogP contribution in [0.4, 0.5) is 5.69 Å². The van der Waals surface area contributed by atoms with E-state index in [-0.39, 0.29) is 0 Å². The van der Waals surface area contributed by atoms with Crippen molar-refractivity contribution in [1.29, 1.82) is 0 Å². The van der Waals surface area contributed by atoms with Gasteiger partial charge in [-0.3, -0.25) is 0 Å². The smallest absolute Gasteiger partial charge is 0.0528 e. The lowest BCUT2D eigenvalue weighted by molar-refractivity contribution is 0.499. The van der Waals surface area contributed by atoms with E-state index in [0.717, 1.165) is 23.7 Å². The van der Waals surface area contributed by atoms with Crippen molar-refractivity contribution in [2.24, 2.45) is 5.92 Å². The molecule has 1 N–H and O–H groups in total. The van der Waals surface area contributed by atoms with E-state index in [0.29, 0.717) is 0 Å². The molecule has 1 atom stereocenters. The second-order valence-corrected chi connectivity index (χ2v) is 4.75. The van der Waals surface area contributed by atoms with Crippen molar-refractivity contribution >= 4 is 5.69 Å². The summed E-state index contributed by atoms with van der Waals surface area (Å²) in [6.07, 6.45) is 9.28. The van der Waals surface area contributed by atoms with Crippen LogP contribution in [0.2, 0.25) is 0 Å². The van der Waals surface area contributed by atoms with Gasteiger partial charge in [0.2, 0.25) is 0 Å². The van der Waals surface area contributed by atoms with Gasteiger partial charge in [0.15, 0.2) is 0 Å². The van der Waals surface area contributed by atoms with E-state index in [1.807, 2.05) is 26.0 Å². The molecule has 0 heterocycles. The molecule has 1 aromatic rings. The van der Waals surface area contributed by atoms with Crippen molar-refractivity contribution < 1.29 is 0 Å². The molecule has 0 aliphatic carbocycles. The van der Waals surface area contributed by atoms with Gasteiger partial charge in [0.25, 0.3) is 0 Å². The largest absolute Gasteiger partial charge is 0.384 e. The number of aryl methyl sites for hydroxylation is 1. The fourth-order valence-electron chi connectivity index (χ4n) is 2.10. The maximum atomic E-state index is 5.51. The Morgan fingerprint density at radius 1 is 1.26 bits per heavy atom. The second-order valence-electron chi connectivity index (χ2n) is 4.75. The summed E-state index contributed by atoms with van der Waals surface area (Å²) in [7, 11) is 0. The van der Waals surface area contributed by atoms with Gasteiger partial charge in [0, 0.05) is 12.1 Å². The van der Waals surface area contributed by atoms with Gasteiger partial charge in [0.05, 0.1) is 5.69 Å². The van der Waals surface area contributed by atoms with E-state index in [2.05, 4.69) is 38.1 Å². The third-order valence-corrected chi connectivity index (χ3v) is 3.15. The Bertz CT molecular complexity index is 387. The minimum atomic E-state index is 0.783. The Morgan fingerprint density at radius 3 is 2.53 bits per heavy atom. The van der Waals surface area contributed by atoms with Crippen molar-refractivity contribution in [3.05, 3.63) is 29.3 Å². The Kier molecular flexibility index (Phi) is 9.71. The zero-order valence-corrected chi connectivity index (χ0v) is 13.2. The summed E-state index contributed by atoms with van der Waals surface area (Å²) in [5.41, 5.74) is 3.32. The molecule has 0 aliphatic heterocycles. The molecule has 1 unspecified atom stereocenters. The molecule has 0 fully saturated rings. The van der Waals surface area contributed by atoms with Crippen LogP contribution in [0, 0.1) is 25.2 Å². The molecule has 0 spiro atoms. The highest BCUT2D eigenvalue weighted by Gasteiger charge is 2.04. The third kappa shape index (κ3) is 6.34. The quantitative estimate of drug-likeness (QED) is 0.689. The van der Waals surface area contributed by atoms with Crippen LogP contribution in [-0.2, 0) is 0 Å². The molecule has 0 aromatic heterocycles. The first-order chi connectivity index (χ1) is 9.19. The molecular weight excluding hydrogens is 230 g/mol. The molecule has 0 bridgehead atoms. The van der Waals surface area contributed by atoms with Crippen molar-refractivity contribution in [3.8, 4) is 12.3 Å². The van der Waals surface area contributed by atoms with Crippen LogP contribution in [0.15, 0.2) is 18.2 Å². The predicted octanol–water partition coefficient (Wildman–Crippen LogP) is 5.24. The minimum absolute atomic E-state index is 0.783. The fraction of sp³-hybridized carbons (Fsp3) is 0.556. The lowest BCUT2D eigenvalue weighted by Gasteiger charge is -2.14. The van der Waals surface area contributed by atoms with Crippen LogP contribution in [0.5, 0.6) is 0 Å². The highest BCUT2D eigenvalue weighted by Crippen LogP contribution is 2.20. The van der Waals surface area contributed by atoms with Crippen LogP contribution in [0.25, 0.3) is 0 Å². The zero-order chi connectivity index (χ0) is 14.7. The Balaban J connectivity index is 0.00000154. The number of hydrogen-bond donors (Lipinski definition) is 1. The van der Waals surface area contributed by atoms with Crippen molar-refractivity contribution in [2.45, 2.75) is 53.9 Å². The summed E-state index contributed by atoms with van der Waals surface area (Å²) in [5, 5.41) is 3.48. The van der Waals surface area contributed by atoms with Gasteiger partial charge < -0.3 is 5.32 Å². The molecule has 1 rings (SSSR count). The number of benzene rings is 1. The molecule has 1 nitrogen and oxygen atoms in total. The van der Waals surface area contributed by atoms with Gasteiger partial charge >= 0.3 is 0 Å². The lowest BCUT2D eigenvalue weighted by atomic mass is 10.0. The first-order valence-corrected chi connectivity index (χ1v) is 7.49. The van der Waals surface area contributed by atoms with E-state index in [1.54, 1.807) is 0 Å². The second kappa shape index (κ2) is 10.5. The van der Waals surface area contributed by atoms with Gasteiger partial charge in [-0.05, 0) is 30.9 Å². The molecule has 0 saturated carbocycles. The van der Waals surface area contributed by atoms with Crippen LogP contribution in [0.1, 0.15) is 58.1 Å². The number of para-hydroxylation sites is 1. The van der Waals surface area contributed by atoms with Gasteiger partial charge in [-0.2, -0.15) is 0 Å². The Hall–Kier alpha value is -1.42. The van der Waals surface area contributed by atoms with Gasteiger partial charge in [-0.1, -0.05) is 58.6 Å². The molecule has 1 heteroatoms. The maximum Gasteiger partial charge on any atom is 0.0528 e. The topological polar surface area (TPSA) is 12.0 Å². The molecule has 1 aromatic carbocycles. The molecule has 106 valence electrons. The third-order valence-electron chi connectivity index (χ3n) is 3.15. The van der Waals surface area contributed by atoms with Crippen LogP contribution >= 0.6 is 0 Å². The Morgan fingerprint density at radius 2 is 1.95 bits per heavy atom. The summed E-state index contributed by atoms with van der Waals surface area (Å²) >= 11 is 0. The van der Waals surface area contributed by atoms with Crippen LogP contribution < -0.4 is 5.32 Å². The first kappa shape index (κ1) is 17.6. The highest BCUT2D eigenvalue weighted by molar-refractivity contribution is 5.62. The molecule has 0 saturated heterocycles. The standard InChI is InChI=1S/C16H23N.C2H6/c1-5-8-13(3)11-12-17-16-14(4)9-7-10-15(16)6-2;1-2/h2,7,9-10,13,17H,5,8,11-12H2,1,3-4H3;1-2H3. The average molecular weight is 259 g/mol. The lowest BCUT2D eigenvalue weighted by Crippen LogP contribution is -2.08. The summed E-state index contributed by atoms with van der Waals surface area (Å²) in [6.45, 7) is 11.6. The average Bonchev–Trinajstić information content (AvgIpc) is 2.43. The number of hydrogen-bond acceptors (Lipinski definition) is 1. The highest BCUT2D eigenvalue weighted by atomic mass is 14.9. The van der Waals surface area contributed by atoms with Gasteiger partial charge in [-0.15, -0.1) is 6.42 Å². The van der Waals surface area contributed by atoms with E-state index in [1.165, 1.54) is 24.8 Å². The first-order valence-electron chi connectivity index (χ1n) is 7.49. The van der Waals surface area contributed by atoms with E-state index in [4.69, 9.17) is 6.42 Å². The number of terminal acetylenes is 1. The molecular formula is C18H29N. The van der Waals surface area contributed by atoms with Crippen LogP contribution in [0.3, 0.4) is 0 Å². The summed E-state index contributed by atoms with van der Waals surface area (Å²) in [4.78, 5) is 0. The fourth-order valence-corrected chi connectivity index (χ4v) is 2.10. The van der Waals surface area contributed by atoms with Gasteiger partial charge in [0.1, 0.15) is 0 Å². The monoisotopic (exact) mass is 259 g/mol. The van der Waals surface area contributed by atoms with Crippen LogP contribution in [-0.4, -0.2) is 6.54 Å². The molecule has 0 radical (unpaired) electrons. The normalized spacial score (nSPS) is 10.9. The SMILES string of the molecule is C#Cc1cccc(C)c1NCCC(C)CCC.CC. The van der Waals surface area contributed by atoms with Gasteiger partial charge in [-0.25, -0.2) is 0 Å². The predicted molar refractivity (Wildman–Crippen MR) is 87.6 cm³/mol. The van der Waals surface area contributed by atoms with E-state index in [9.17, 15) is 0 Å². The van der Waals surface area contributed by atoms with E-state index < -0.39 is 0 Å². The molecule has 0 amide bonds. The summed E-state index contributed by atoms with van der Waals surface area (Å²) in [5.74, 6) is 3.52. The van der Waals surface area contributed by atoms with Crippen molar-refractivity contribution in [1.82, 2.24) is 0 Å². The number of nitrogens with one attached hydrogen (secondary N) is 1. The Labute approximate surface area is 119 Å². The maximum absolute atomic E-state index is 5.51. The molecule has 19 heavy (non-hydrogen) atoms. The minimum Gasteiger partial charge on any atom is -0.384 e. The van der Waals surface area contributed by atoms with E-state index >= 15 is 0 Å². The van der Waals surface area contributed by atoms with Crippen molar-refractivity contribution in [2.75, 3.05) is 11.9 Å². The zero-order valence-electron chi connectivity index (χ0n) is 13.2. The summed E-state index contributed by atoms with van der Waals surface area (Å²) in [6, 6.07) is 6.10. The number of anilines is 1. The number of rotatable bonds is 6. The summed E-state index contributed by atoms with van der Waals surface area (Å²) < 4.78 is 0. The molecule has 0 aliphatic rings. The van der Waals surface area contributed by atoms with Crippen molar-refractivity contribution in [3.63, 3.8) is 0 Å².